The molecule has 1 aromatic rings. The average Bonchev–Trinajstić information content (AvgIpc) is 3.03. The summed E-state index contributed by atoms with van der Waals surface area (Å²) in [6.45, 7) is 9.02. The molecule has 2 amide bonds. The Morgan fingerprint density at radius 3 is 2.50 bits per heavy atom. The van der Waals surface area contributed by atoms with E-state index in [1.54, 1.807) is 6.92 Å². The van der Waals surface area contributed by atoms with Crippen LogP contribution in [-0.2, 0) is 9.59 Å². The molecular weight excluding hydrogens is 383 g/mol. The standard InChI is InChI=1S/C23H33FN4O2/c1-17-16-28(21-5-3-19(24)4-6-21)14-13-26(17)10-7-20-15-23(22(30)25-20)8-11-27(12-9-23)18(2)29/h3-6,17,20H,7-16H2,1-2H3,(H,25,30). The maximum absolute atomic E-state index is 13.2. The zero-order valence-electron chi connectivity index (χ0n) is 18.1. The molecule has 0 radical (unpaired) electrons. The fraction of sp³-hybridized carbons (Fsp3) is 0.652. The van der Waals surface area contributed by atoms with Crippen molar-refractivity contribution in [2.24, 2.45) is 5.41 Å². The summed E-state index contributed by atoms with van der Waals surface area (Å²) in [7, 11) is 0. The number of anilines is 1. The maximum atomic E-state index is 13.2. The molecule has 1 aromatic carbocycles. The van der Waals surface area contributed by atoms with E-state index in [9.17, 15) is 14.0 Å². The van der Waals surface area contributed by atoms with Crippen LogP contribution in [0.3, 0.4) is 0 Å². The summed E-state index contributed by atoms with van der Waals surface area (Å²) in [6.07, 6.45) is 3.41. The van der Waals surface area contributed by atoms with Crippen LogP contribution in [0.4, 0.5) is 10.1 Å². The van der Waals surface area contributed by atoms with Gasteiger partial charge in [0.1, 0.15) is 5.82 Å². The molecular formula is C23H33FN4O2. The Kier molecular flexibility index (Phi) is 6.00. The molecule has 3 heterocycles. The Labute approximate surface area is 178 Å². The van der Waals surface area contributed by atoms with Crippen molar-refractivity contribution in [2.45, 2.75) is 51.6 Å². The number of piperazine rings is 1. The molecule has 6 nitrogen and oxygen atoms in total. The minimum atomic E-state index is -0.274. The molecule has 0 bridgehead atoms. The van der Waals surface area contributed by atoms with E-state index < -0.39 is 0 Å². The summed E-state index contributed by atoms with van der Waals surface area (Å²) in [5, 5.41) is 3.24. The van der Waals surface area contributed by atoms with Crippen LogP contribution in [-0.4, -0.2) is 73.0 Å². The van der Waals surface area contributed by atoms with Crippen molar-refractivity contribution in [3.63, 3.8) is 0 Å². The highest BCUT2D eigenvalue weighted by molar-refractivity contribution is 5.85. The van der Waals surface area contributed by atoms with E-state index in [2.05, 4.69) is 22.0 Å². The summed E-state index contributed by atoms with van der Waals surface area (Å²) >= 11 is 0. The van der Waals surface area contributed by atoms with Crippen LogP contribution in [0.25, 0.3) is 0 Å². The number of hydrogen-bond acceptors (Lipinski definition) is 4. The van der Waals surface area contributed by atoms with Crippen molar-refractivity contribution in [3.8, 4) is 0 Å². The maximum Gasteiger partial charge on any atom is 0.226 e. The molecule has 30 heavy (non-hydrogen) atoms. The van der Waals surface area contributed by atoms with Gasteiger partial charge in [0.05, 0.1) is 5.41 Å². The van der Waals surface area contributed by atoms with Crippen LogP contribution in [0.1, 0.15) is 39.5 Å². The van der Waals surface area contributed by atoms with Gasteiger partial charge in [-0.05, 0) is 56.9 Å². The first-order valence-electron chi connectivity index (χ1n) is 11.2. The molecule has 2 atom stereocenters. The lowest BCUT2D eigenvalue weighted by atomic mass is 9.75. The summed E-state index contributed by atoms with van der Waals surface area (Å²) < 4.78 is 13.2. The van der Waals surface area contributed by atoms with E-state index in [0.717, 1.165) is 57.5 Å². The van der Waals surface area contributed by atoms with Crippen LogP contribution in [0, 0.1) is 11.2 Å². The van der Waals surface area contributed by atoms with E-state index in [-0.39, 0.29) is 29.1 Å². The minimum Gasteiger partial charge on any atom is -0.369 e. The van der Waals surface area contributed by atoms with Gasteiger partial charge in [0.15, 0.2) is 0 Å². The van der Waals surface area contributed by atoms with Crippen LogP contribution in [0.5, 0.6) is 0 Å². The Bertz CT molecular complexity index is 776. The van der Waals surface area contributed by atoms with Crippen molar-refractivity contribution >= 4 is 17.5 Å². The predicted molar refractivity (Wildman–Crippen MR) is 115 cm³/mol. The first-order chi connectivity index (χ1) is 14.4. The zero-order chi connectivity index (χ0) is 21.3. The number of likely N-dealkylation sites (tertiary alicyclic amines) is 1. The zero-order valence-corrected chi connectivity index (χ0v) is 18.1. The molecule has 1 spiro atoms. The van der Waals surface area contributed by atoms with Gasteiger partial charge in [0.25, 0.3) is 0 Å². The van der Waals surface area contributed by atoms with E-state index >= 15 is 0 Å². The van der Waals surface area contributed by atoms with Gasteiger partial charge < -0.3 is 15.1 Å². The average molecular weight is 417 g/mol. The fourth-order valence-electron chi connectivity index (χ4n) is 5.34. The molecule has 3 fully saturated rings. The highest BCUT2D eigenvalue weighted by Gasteiger charge is 2.48. The van der Waals surface area contributed by atoms with Gasteiger partial charge in [-0.1, -0.05) is 0 Å². The second kappa shape index (κ2) is 8.53. The Hall–Kier alpha value is -2.15. The minimum absolute atomic E-state index is 0.105. The molecule has 1 N–H and O–H groups in total. The van der Waals surface area contributed by atoms with Gasteiger partial charge in [0, 0.05) is 64.0 Å². The number of halogens is 1. The molecule has 3 aliphatic rings. The second-order valence-corrected chi connectivity index (χ2v) is 9.26. The van der Waals surface area contributed by atoms with Gasteiger partial charge in [-0.3, -0.25) is 14.5 Å². The number of amides is 2. The van der Waals surface area contributed by atoms with Crippen molar-refractivity contribution in [3.05, 3.63) is 30.1 Å². The summed E-state index contributed by atoms with van der Waals surface area (Å²) in [5.41, 5.74) is 0.800. The molecule has 0 saturated carbocycles. The number of hydrogen-bond donors (Lipinski definition) is 1. The summed E-state index contributed by atoms with van der Waals surface area (Å²) in [6, 6.07) is 7.38. The van der Waals surface area contributed by atoms with E-state index in [4.69, 9.17) is 0 Å². The first-order valence-corrected chi connectivity index (χ1v) is 11.2. The lowest BCUT2D eigenvalue weighted by Gasteiger charge is -2.41. The highest BCUT2D eigenvalue weighted by atomic mass is 19.1. The quantitative estimate of drug-likeness (QED) is 0.818. The topological polar surface area (TPSA) is 55.9 Å². The lowest BCUT2D eigenvalue weighted by Crippen LogP contribution is -2.52. The van der Waals surface area contributed by atoms with Crippen molar-refractivity contribution < 1.29 is 14.0 Å². The summed E-state index contributed by atoms with van der Waals surface area (Å²) in [4.78, 5) is 31.0. The number of benzene rings is 1. The number of rotatable bonds is 4. The molecule has 7 heteroatoms. The third-order valence-electron chi connectivity index (χ3n) is 7.34. The second-order valence-electron chi connectivity index (χ2n) is 9.26. The van der Waals surface area contributed by atoms with Gasteiger partial charge in [-0.25, -0.2) is 4.39 Å². The molecule has 0 aliphatic carbocycles. The number of nitrogens with one attached hydrogen (secondary N) is 1. The van der Waals surface area contributed by atoms with Gasteiger partial charge in [0.2, 0.25) is 11.8 Å². The number of carbonyl (C=O) groups is 2. The van der Waals surface area contributed by atoms with Crippen LogP contribution in [0.2, 0.25) is 0 Å². The van der Waals surface area contributed by atoms with Crippen LogP contribution >= 0.6 is 0 Å². The van der Waals surface area contributed by atoms with E-state index in [1.807, 2.05) is 17.0 Å². The Morgan fingerprint density at radius 1 is 1.17 bits per heavy atom. The molecule has 2 unspecified atom stereocenters. The Morgan fingerprint density at radius 2 is 1.87 bits per heavy atom. The predicted octanol–water partition coefficient (Wildman–Crippen LogP) is 2.24. The molecule has 164 valence electrons. The monoisotopic (exact) mass is 416 g/mol. The number of carbonyl (C=O) groups excluding carboxylic acids is 2. The first kappa shape index (κ1) is 21.1. The SMILES string of the molecule is CC(=O)N1CCC2(CC1)CC(CCN1CCN(c3ccc(F)cc3)CC1C)NC2=O. The van der Waals surface area contributed by atoms with Crippen LogP contribution < -0.4 is 10.2 Å². The van der Waals surface area contributed by atoms with Gasteiger partial charge >= 0.3 is 0 Å². The fourth-order valence-corrected chi connectivity index (χ4v) is 5.34. The molecule has 3 saturated heterocycles. The highest BCUT2D eigenvalue weighted by Crippen LogP contribution is 2.41. The molecule has 4 rings (SSSR count). The van der Waals surface area contributed by atoms with Gasteiger partial charge in [-0.15, -0.1) is 0 Å². The number of piperidine rings is 1. The number of nitrogens with zero attached hydrogens (tertiary/aromatic N) is 3. The lowest BCUT2D eigenvalue weighted by molar-refractivity contribution is -0.136. The van der Waals surface area contributed by atoms with E-state index in [0.29, 0.717) is 19.1 Å². The normalized spacial score (nSPS) is 26.8. The van der Waals surface area contributed by atoms with Crippen LogP contribution in [0.15, 0.2) is 24.3 Å². The Balaban J connectivity index is 1.26. The van der Waals surface area contributed by atoms with E-state index in [1.165, 1.54) is 12.1 Å². The van der Waals surface area contributed by atoms with Crippen molar-refractivity contribution in [2.75, 3.05) is 44.2 Å². The smallest absolute Gasteiger partial charge is 0.226 e. The van der Waals surface area contributed by atoms with Crippen molar-refractivity contribution in [1.82, 2.24) is 15.1 Å². The largest absolute Gasteiger partial charge is 0.369 e. The third-order valence-corrected chi connectivity index (χ3v) is 7.34. The van der Waals surface area contributed by atoms with Crippen molar-refractivity contribution in [1.29, 1.82) is 0 Å². The third kappa shape index (κ3) is 4.31. The van der Waals surface area contributed by atoms with Gasteiger partial charge in [-0.2, -0.15) is 0 Å². The molecule has 0 aromatic heterocycles. The molecule has 3 aliphatic heterocycles. The summed E-state index contributed by atoms with van der Waals surface area (Å²) in [5.74, 6) is 0.0900.